The number of hydrogen-bond acceptors (Lipinski definition) is 4. The number of halogens is 1. The fourth-order valence-electron chi connectivity index (χ4n) is 4.58. The number of ketones is 1. The van der Waals surface area contributed by atoms with Crippen molar-refractivity contribution in [3.05, 3.63) is 70.2 Å². The van der Waals surface area contributed by atoms with Crippen molar-refractivity contribution in [2.75, 3.05) is 6.54 Å². The van der Waals surface area contributed by atoms with Crippen molar-refractivity contribution in [3.63, 3.8) is 0 Å². The molecule has 2 fully saturated rings. The van der Waals surface area contributed by atoms with E-state index in [4.69, 9.17) is 11.6 Å². The van der Waals surface area contributed by atoms with E-state index in [2.05, 4.69) is 6.92 Å². The Bertz CT molecular complexity index is 1080. The molecule has 0 spiro atoms. The number of carbonyl (C=O) groups is 4. The maximum absolute atomic E-state index is 13.5. The van der Waals surface area contributed by atoms with E-state index in [9.17, 15) is 19.2 Å². The van der Waals surface area contributed by atoms with E-state index in [1.807, 2.05) is 6.92 Å². The highest BCUT2D eigenvalue weighted by Crippen LogP contribution is 2.41. The van der Waals surface area contributed by atoms with E-state index in [1.165, 1.54) is 6.07 Å². The van der Waals surface area contributed by atoms with Crippen LogP contribution in [-0.4, -0.2) is 40.1 Å². The zero-order valence-electron chi connectivity index (χ0n) is 18.1. The highest BCUT2D eigenvalue weighted by Gasteiger charge is 2.52. The molecule has 7 heteroatoms. The number of rotatable bonds is 5. The van der Waals surface area contributed by atoms with Crippen LogP contribution >= 0.6 is 11.6 Å². The largest absolute Gasteiger partial charge is 0.292 e. The van der Waals surface area contributed by atoms with Crippen LogP contribution in [0.2, 0.25) is 5.02 Å². The third-order valence-corrected chi connectivity index (χ3v) is 6.74. The molecule has 2 aliphatic rings. The number of benzene rings is 2. The molecule has 1 aliphatic heterocycles. The van der Waals surface area contributed by atoms with Gasteiger partial charge in [0.1, 0.15) is 6.54 Å². The van der Waals surface area contributed by atoms with Gasteiger partial charge in [-0.05, 0) is 44.2 Å². The quantitative estimate of drug-likeness (QED) is 0.500. The van der Waals surface area contributed by atoms with Gasteiger partial charge in [0.05, 0.1) is 22.4 Å². The molecule has 1 saturated carbocycles. The van der Waals surface area contributed by atoms with E-state index >= 15 is 0 Å². The third-order valence-electron chi connectivity index (χ3n) is 6.41. The molecular weight excluding hydrogens is 428 g/mol. The molecule has 0 unspecified atom stereocenters. The van der Waals surface area contributed by atoms with Crippen molar-refractivity contribution in [1.82, 2.24) is 10.0 Å². The van der Waals surface area contributed by atoms with Crippen molar-refractivity contribution in [3.8, 4) is 0 Å². The van der Waals surface area contributed by atoms with E-state index in [0.29, 0.717) is 24.3 Å². The van der Waals surface area contributed by atoms with Gasteiger partial charge in [0, 0.05) is 5.56 Å². The molecule has 3 amide bonds. The molecule has 0 radical (unpaired) electrons. The zero-order chi connectivity index (χ0) is 23.0. The number of fused-ring (bicyclic) bond motifs is 1. The number of Topliss-reactive ketones (excluding diaryl/α,β-unsaturated/α-hetero) is 1. The Morgan fingerprint density at radius 3 is 2.34 bits per heavy atom. The van der Waals surface area contributed by atoms with Gasteiger partial charge in [0.15, 0.2) is 5.78 Å². The fourth-order valence-corrected chi connectivity index (χ4v) is 4.80. The van der Waals surface area contributed by atoms with E-state index in [1.54, 1.807) is 42.5 Å². The summed E-state index contributed by atoms with van der Waals surface area (Å²) in [6, 6.07) is 13.4. The van der Waals surface area contributed by atoms with Crippen molar-refractivity contribution in [2.24, 2.45) is 17.8 Å². The second-order valence-corrected chi connectivity index (χ2v) is 9.16. The van der Waals surface area contributed by atoms with Crippen LogP contribution < -0.4 is 0 Å². The second-order valence-electron chi connectivity index (χ2n) is 8.75. The first-order valence-electron chi connectivity index (χ1n) is 10.8. The van der Waals surface area contributed by atoms with Crippen molar-refractivity contribution in [1.29, 1.82) is 0 Å². The molecule has 32 heavy (non-hydrogen) atoms. The first-order valence-corrected chi connectivity index (χ1v) is 11.2. The zero-order valence-corrected chi connectivity index (χ0v) is 18.8. The number of imide groups is 1. The Hall–Kier alpha value is -2.99. The van der Waals surface area contributed by atoms with Gasteiger partial charge in [-0.1, -0.05) is 60.5 Å². The first-order chi connectivity index (χ1) is 15.3. The average Bonchev–Trinajstić information content (AvgIpc) is 3.01. The molecule has 6 nitrogen and oxygen atoms in total. The summed E-state index contributed by atoms with van der Waals surface area (Å²) >= 11 is 6.23. The molecule has 1 aliphatic carbocycles. The summed E-state index contributed by atoms with van der Waals surface area (Å²) in [5.74, 6) is -2.42. The summed E-state index contributed by atoms with van der Waals surface area (Å²) < 4.78 is 0. The number of carbonyl (C=O) groups excluding carboxylic acids is 4. The Morgan fingerprint density at radius 1 is 1.00 bits per heavy atom. The minimum Gasteiger partial charge on any atom is -0.292 e. The van der Waals surface area contributed by atoms with Gasteiger partial charge in [-0.3, -0.25) is 19.2 Å². The molecule has 1 heterocycles. The molecule has 2 aromatic carbocycles. The minimum absolute atomic E-state index is 0.134. The minimum atomic E-state index is -0.649. The summed E-state index contributed by atoms with van der Waals surface area (Å²) in [7, 11) is 0. The molecule has 2 aromatic rings. The van der Waals surface area contributed by atoms with Gasteiger partial charge in [0.2, 0.25) is 0 Å². The molecular formula is C25H25ClN2O4. The number of nitrogens with zero attached hydrogens (tertiary/aromatic N) is 2. The Balaban J connectivity index is 1.70. The smallest absolute Gasteiger partial charge is 0.274 e. The monoisotopic (exact) mass is 452 g/mol. The normalized spacial score (nSPS) is 22.6. The summed E-state index contributed by atoms with van der Waals surface area (Å²) in [6.07, 6.45) is 2.06. The van der Waals surface area contributed by atoms with Gasteiger partial charge in [-0.15, -0.1) is 0 Å². The van der Waals surface area contributed by atoms with Gasteiger partial charge in [-0.25, -0.2) is 5.01 Å². The standard InChI is InChI=1S/C25H25ClN2O4/c1-15-7-10-17(11-8-15)22(29)14-27(23(30)19-5-3-4-6-21(19)26)28-24(31)18-12-9-16(2)13-20(18)25(28)32/h3-8,10-11,16,18,20H,9,12-14H2,1-2H3/t16-,18-,20-/m1/s1. The SMILES string of the molecule is Cc1ccc(C(=O)CN(C(=O)c2ccccc2Cl)N2C(=O)[C@@H]3CC[C@@H](C)C[C@H]3C2=O)cc1. The molecule has 166 valence electrons. The lowest BCUT2D eigenvalue weighted by Gasteiger charge is -2.30. The van der Waals surface area contributed by atoms with Crippen LogP contribution in [0.5, 0.6) is 0 Å². The summed E-state index contributed by atoms with van der Waals surface area (Å²) in [4.78, 5) is 53.1. The summed E-state index contributed by atoms with van der Waals surface area (Å²) in [5, 5.41) is 2.08. The molecule has 0 aromatic heterocycles. The van der Waals surface area contributed by atoms with Gasteiger partial charge >= 0.3 is 0 Å². The van der Waals surface area contributed by atoms with Crippen LogP contribution in [0, 0.1) is 24.7 Å². The average molecular weight is 453 g/mol. The first kappa shape index (κ1) is 22.2. The summed E-state index contributed by atoms with van der Waals surface area (Å²) in [6.45, 7) is 3.54. The molecule has 3 atom stereocenters. The third kappa shape index (κ3) is 4.07. The second kappa shape index (κ2) is 8.87. The molecule has 0 bridgehead atoms. The lowest BCUT2D eigenvalue weighted by Crippen LogP contribution is -2.52. The van der Waals surface area contributed by atoms with E-state index < -0.39 is 36.1 Å². The van der Waals surface area contributed by atoms with Gasteiger partial charge in [0.25, 0.3) is 17.7 Å². The fraction of sp³-hybridized carbons (Fsp3) is 0.360. The number of hydrogen-bond donors (Lipinski definition) is 0. The molecule has 1 saturated heterocycles. The lowest BCUT2D eigenvalue weighted by atomic mass is 9.76. The van der Waals surface area contributed by atoms with Crippen LogP contribution in [0.1, 0.15) is 52.5 Å². The Kier molecular flexibility index (Phi) is 6.15. The number of amides is 3. The van der Waals surface area contributed by atoms with E-state index in [-0.39, 0.29) is 16.4 Å². The highest BCUT2D eigenvalue weighted by atomic mass is 35.5. The number of hydrazine groups is 1. The van der Waals surface area contributed by atoms with Crippen LogP contribution in [-0.2, 0) is 9.59 Å². The van der Waals surface area contributed by atoms with E-state index in [0.717, 1.165) is 22.0 Å². The van der Waals surface area contributed by atoms with Crippen LogP contribution in [0.15, 0.2) is 48.5 Å². The Morgan fingerprint density at radius 2 is 1.66 bits per heavy atom. The van der Waals surface area contributed by atoms with Crippen LogP contribution in [0.4, 0.5) is 0 Å². The van der Waals surface area contributed by atoms with Crippen molar-refractivity contribution in [2.45, 2.75) is 33.1 Å². The highest BCUT2D eigenvalue weighted by molar-refractivity contribution is 6.34. The maximum Gasteiger partial charge on any atom is 0.274 e. The van der Waals surface area contributed by atoms with Gasteiger partial charge in [-0.2, -0.15) is 5.01 Å². The molecule has 4 rings (SSSR count). The summed E-state index contributed by atoms with van der Waals surface area (Å²) in [5.41, 5.74) is 1.53. The van der Waals surface area contributed by atoms with Crippen molar-refractivity contribution >= 4 is 35.1 Å². The van der Waals surface area contributed by atoms with Crippen LogP contribution in [0.25, 0.3) is 0 Å². The predicted molar refractivity (Wildman–Crippen MR) is 120 cm³/mol. The number of aryl methyl sites for hydroxylation is 1. The topological polar surface area (TPSA) is 74.8 Å². The maximum atomic E-state index is 13.5. The van der Waals surface area contributed by atoms with Crippen LogP contribution in [0.3, 0.4) is 0 Å². The predicted octanol–water partition coefficient (Wildman–Crippen LogP) is 4.31. The van der Waals surface area contributed by atoms with Crippen molar-refractivity contribution < 1.29 is 19.2 Å². The Labute approximate surface area is 192 Å². The molecule has 0 N–H and O–H groups in total. The lowest BCUT2D eigenvalue weighted by molar-refractivity contribution is -0.154. The van der Waals surface area contributed by atoms with Gasteiger partial charge < -0.3 is 0 Å².